The standard InChI is InChI=1S/C18H26N6O/c1-19-17-10-13(7-8-20-17)18(25)24-9-5-6-16(24)15-11-14(12-22(2)3)23(4)21-15/h7-8,10-11,16H,5-6,9,12H2,1-4H3,(H,19,20)/t16-/m1/s1. The van der Waals surface area contributed by atoms with Crippen molar-refractivity contribution < 1.29 is 4.79 Å². The summed E-state index contributed by atoms with van der Waals surface area (Å²) in [5.74, 6) is 0.744. The van der Waals surface area contributed by atoms with Gasteiger partial charge in [-0.05, 0) is 45.1 Å². The molecule has 134 valence electrons. The number of aryl methyl sites for hydroxylation is 1. The third kappa shape index (κ3) is 3.66. The molecule has 1 atom stereocenters. The Morgan fingerprint density at radius 1 is 1.40 bits per heavy atom. The normalized spacial score (nSPS) is 17.3. The average molecular weight is 342 g/mol. The fourth-order valence-corrected chi connectivity index (χ4v) is 3.35. The van der Waals surface area contributed by atoms with E-state index in [1.807, 2.05) is 30.7 Å². The summed E-state index contributed by atoms with van der Waals surface area (Å²) in [7, 11) is 7.85. The highest BCUT2D eigenvalue weighted by atomic mass is 16.2. The highest BCUT2D eigenvalue weighted by Crippen LogP contribution is 2.33. The molecular formula is C18H26N6O. The zero-order valence-electron chi connectivity index (χ0n) is 15.4. The first kappa shape index (κ1) is 17.4. The molecule has 1 aliphatic rings. The number of carbonyl (C=O) groups is 1. The maximum Gasteiger partial charge on any atom is 0.254 e. The molecular weight excluding hydrogens is 316 g/mol. The van der Waals surface area contributed by atoms with Gasteiger partial charge in [0.1, 0.15) is 5.82 Å². The van der Waals surface area contributed by atoms with Crippen LogP contribution in [0.25, 0.3) is 0 Å². The van der Waals surface area contributed by atoms with Gasteiger partial charge in [-0.1, -0.05) is 0 Å². The number of aromatic nitrogens is 3. The van der Waals surface area contributed by atoms with Crippen LogP contribution in [0.3, 0.4) is 0 Å². The predicted octanol–water partition coefficient (Wildman–Crippen LogP) is 1.90. The van der Waals surface area contributed by atoms with E-state index in [0.29, 0.717) is 11.4 Å². The van der Waals surface area contributed by atoms with Crippen molar-refractivity contribution in [3.63, 3.8) is 0 Å². The van der Waals surface area contributed by atoms with Crippen LogP contribution in [0.1, 0.15) is 40.6 Å². The Morgan fingerprint density at radius 3 is 2.92 bits per heavy atom. The van der Waals surface area contributed by atoms with Gasteiger partial charge in [-0.25, -0.2) is 4.98 Å². The van der Waals surface area contributed by atoms with Crippen molar-refractivity contribution in [2.45, 2.75) is 25.4 Å². The van der Waals surface area contributed by atoms with Crippen molar-refractivity contribution in [2.75, 3.05) is 33.0 Å². The van der Waals surface area contributed by atoms with E-state index >= 15 is 0 Å². The molecule has 1 fully saturated rings. The number of nitrogens with zero attached hydrogens (tertiary/aromatic N) is 5. The van der Waals surface area contributed by atoms with Crippen molar-refractivity contribution in [3.05, 3.63) is 41.3 Å². The minimum Gasteiger partial charge on any atom is -0.373 e. The van der Waals surface area contributed by atoms with E-state index in [1.165, 1.54) is 0 Å². The zero-order valence-corrected chi connectivity index (χ0v) is 15.4. The number of nitrogens with one attached hydrogen (secondary N) is 1. The average Bonchev–Trinajstić information content (AvgIpc) is 3.21. The minimum atomic E-state index is 0.0424. The summed E-state index contributed by atoms with van der Waals surface area (Å²) < 4.78 is 1.92. The number of hydrogen-bond donors (Lipinski definition) is 1. The highest BCUT2D eigenvalue weighted by Gasteiger charge is 2.32. The molecule has 0 aliphatic carbocycles. The van der Waals surface area contributed by atoms with Gasteiger partial charge in [0.2, 0.25) is 0 Å². The Kier molecular flexibility index (Phi) is 5.03. The van der Waals surface area contributed by atoms with Crippen LogP contribution in [-0.4, -0.2) is 58.2 Å². The van der Waals surface area contributed by atoms with Gasteiger partial charge in [-0.2, -0.15) is 5.10 Å². The van der Waals surface area contributed by atoms with Crippen LogP contribution in [-0.2, 0) is 13.6 Å². The molecule has 0 saturated carbocycles. The lowest BCUT2D eigenvalue weighted by Gasteiger charge is -2.23. The predicted molar refractivity (Wildman–Crippen MR) is 97.4 cm³/mol. The molecule has 0 aromatic carbocycles. The molecule has 0 spiro atoms. The molecule has 0 unspecified atom stereocenters. The highest BCUT2D eigenvalue weighted by molar-refractivity contribution is 5.95. The van der Waals surface area contributed by atoms with Crippen molar-refractivity contribution in [2.24, 2.45) is 7.05 Å². The van der Waals surface area contributed by atoms with Crippen molar-refractivity contribution in [1.29, 1.82) is 0 Å². The first-order valence-electron chi connectivity index (χ1n) is 8.62. The third-order valence-corrected chi connectivity index (χ3v) is 4.59. The second-order valence-corrected chi connectivity index (χ2v) is 6.76. The molecule has 2 aromatic rings. The smallest absolute Gasteiger partial charge is 0.254 e. The monoisotopic (exact) mass is 342 g/mol. The molecule has 2 aromatic heterocycles. The van der Waals surface area contributed by atoms with E-state index in [2.05, 4.69) is 26.4 Å². The quantitative estimate of drug-likeness (QED) is 0.899. The fourth-order valence-electron chi connectivity index (χ4n) is 3.35. The number of rotatable bonds is 5. The van der Waals surface area contributed by atoms with Gasteiger partial charge in [0.25, 0.3) is 5.91 Å². The largest absolute Gasteiger partial charge is 0.373 e. The van der Waals surface area contributed by atoms with E-state index in [9.17, 15) is 4.79 Å². The summed E-state index contributed by atoms with van der Waals surface area (Å²) in [6, 6.07) is 5.74. The fraction of sp³-hybridized carbons (Fsp3) is 0.500. The number of likely N-dealkylation sites (tertiary alicyclic amines) is 1. The maximum absolute atomic E-state index is 13.0. The summed E-state index contributed by atoms with van der Waals surface area (Å²) in [5, 5.41) is 7.66. The number of carbonyl (C=O) groups excluding carboxylic acids is 1. The lowest BCUT2D eigenvalue weighted by molar-refractivity contribution is 0.0732. The van der Waals surface area contributed by atoms with E-state index in [1.54, 1.807) is 25.4 Å². The lowest BCUT2D eigenvalue weighted by Crippen LogP contribution is -2.30. The van der Waals surface area contributed by atoms with Gasteiger partial charge in [0.15, 0.2) is 0 Å². The van der Waals surface area contributed by atoms with Crippen LogP contribution < -0.4 is 5.32 Å². The Labute approximate surface area is 148 Å². The van der Waals surface area contributed by atoms with E-state index in [0.717, 1.165) is 37.3 Å². The van der Waals surface area contributed by atoms with Gasteiger partial charge in [-0.3, -0.25) is 9.48 Å². The molecule has 7 heteroatoms. The topological polar surface area (TPSA) is 66.3 Å². The number of pyridine rings is 1. The Balaban J connectivity index is 1.84. The summed E-state index contributed by atoms with van der Waals surface area (Å²) >= 11 is 0. The summed E-state index contributed by atoms with van der Waals surface area (Å²) in [4.78, 5) is 21.2. The van der Waals surface area contributed by atoms with Crippen LogP contribution in [0.15, 0.2) is 24.4 Å². The lowest BCUT2D eigenvalue weighted by atomic mass is 10.1. The van der Waals surface area contributed by atoms with Crippen molar-refractivity contribution >= 4 is 11.7 Å². The molecule has 7 nitrogen and oxygen atoms in total. The first-order chi connectivity index (χ1) is 12.0. The van der Waals surface area contributed by atoms with Crippen molar-refractivity contribution in [1.82, 2.24) is 24.6 Å². The van der Waals surface area contributed by atoms with Crippen LogP contribution in [0.2, 0.25) is 0 Å². The molecule has 1 N–H and O–H groups in total. The van der Waals surface area contributed by atoms with Gasteiger partial charge < -0.3 is 15.1 Å². The Morgan fingerprint density at radius 2 is 2.20 bits per heavy atom. The second-order valence-electron chi connectivity index (χ2n) is 6.76. The SMILES string of the molecule is CNc1cc(C(=O)N2CCC[C@@H]2c2cc(CN(C)C)n(C)n2)ccn1. The Hall–Kier alpha value is -2.41. The summed E-state index contributed by atoms with van der Waals surface area (Å²) in [5.41, 5.74) is 2.80. The molecule has 3 heterocycles. The Bertz CT molecular complexity index is 754. The molecule has 1 amide bonds. The van der Waals surface area contributed by atoms with Crippen LogP contribution in [0, 0.1) is 0 Å². The van der Waals surface area contributed by atoms with E-state index in [-0.39, 0.29) is 11.9 Å². The van der Waals surface area contributed by atoms with Crippen LogP contribution >= 0.6 is 0 Å². The summed E-state index contributed by atoms with van der Waals surface area (Å²) in [6.07, 6.45) is 3.62. The molecule has 25 heavy (non-hydrogen) atoms. The zero-order chi connectivity index (χ0) is 18.0. The molecule has 1 saturated heterocycles. The van der Waals surface area contributed by atoms with Gasteiger partial charge >= 0.3 is 0 Å². The minimum absolute atomic E-state index is 0.0424. The molecule has 0 bridgehead atoms. The number of anilines is 1. The second kappa shape index (κ2) is 7.23. The van der Waals surface area contributed by atoms with Gasteiger partial charge in [0.05, 0.1) is 17.4 Å². The number of amides is 1. The van der Waals surface area contributed by atoms with Gasteiger partial charge in [0, 0.05) is 38.9 Å². The number of hydrogen-bond acceptors (Lipinski definition) is 5. The van der Waals surface area contributed by atoms with Crippen molar-refractivity contribution in [3.8, 4) is 0 Å². The van der Waals surface area contributed by atoms with Gasteiger partial charge in [-0.15, -0.1) is 0 Å². The van der Waals surface area contributed by atoms with Crippen LogP contribution in [0.4, 0.5) is 5.82 Å². The third-order valence-electron chi connectivity index (χ3n) is 4.59. The molecule has 3 rings (SSSR count). The summed E-state index contributed by atoms with van der Waals surface area (Å²) in [6.45, 7) is 1.60. The molecule has 0 radical (unpaired) electrons. The van der Waals surface area contributed by atoms with E-state index < -0.39 is 0 Å². The van der Waals surface area contributed by atoms with Crippen LogP contribution in [0.5, 0.6) is 0 Å². The molecule has 1 aliphatic heterocycles. The maximum atomic E-state index is 13.0. The first-order valence-corrected chi connectivity index (χ1v) is 8.62. The van der Waals surface area contributed by atoms with E-state index in [4.69, 9.17) is 0 Å².